The molecule has 1 aliphatic rings. The summed E-state index contributed by atoms with van der Waals surface area (Å²) in [6.45, 7) is 2.09. The molecule has 2 aromatic rings. The Morgan fingerprint density at radius 1 is 1.44 bits per heavy atom. The Morgan fingerprint density at radius 3 is 2.67 bits per heavy atom. The second-order valence-corrected chi connectivity index (χ2v) is 7.64. The number of carbonyl (C=O) groups excluding carboxylic acids is 2. The molecule has 0 aliphatic carbocycles. The fourth-order valence-electron chi connectivity index (χ4n) is 2.72. The maximum absolute atomic E-state index is 14.5. The van der Waals surface area contributed by atoms with Crippen molar-refractivity contribution in [3.63, 3.8) is 0 Å². The van der Waals surface area contributed by atoms with E-state index in [0.29, 0.717) is 23.8 Å². The van der Waals surface area contributed by atoms with Gasteiger partial charge in [-0.3, -0.25) is 4.79 Å². The predicted octanol–water partition coefficient (Wildman–Crippen LogP) is -1.20. The number of carboxylic acids is 1. The molecule has 140 valence electrons. The maximum atomic E-state index is 14.5. The Labute approximate surface area is 211 Å². The van der Waals surface area contributed by atoms with Crippen LogP contribution >= 0.6 is 34.5 Å². The molecule has 1 amide bonds. The summed E-state index contributed by atoms with van der Waals surface area (Å²) >= 11 is 12.9. The number of hydrogen-bond acceptors (Lipinski definition) is 6. The van der Waals surface area contributed by atoms with Crippen LogP contribution in [0.4, 0.5) is 9.52 Å². The zero-order chi connectivity index (χ0) is 19.0. The van der Waals surface area contributed by atoms with E-state index in [9.17, 15) is 19.1 Å². The Balaban J connectivity index is 0.00000261. The number of nitrogens with zero attached hydrogens (tertiary/aromatic N) is 2. The van der Waals surface area contributed by atoms with Crippen LogP contribution in [-0.2, 0) is 0 Å². The van der Waals surface area contributed by atoms with Crippen LogP contribution in [0.1, 0.15) is 32.3 Å². The standard InChI is InChI=1S/C15H15Cl2FN4O3S.K/c1-6-10(16)11(17)12(20-6)13(23)21-8-2-3-22(5-7(8)18)15-19-4-9(26-15)14(24)25;/h4,7-8,20H,2-3,5H2,1H3,(H,21,23)(H,24,25);/q;+1/p-1/t7-,8+;/m0./s1. The molecule has 1 aliphatic heterocycles. The summed E-state index contributed by atoms with van der Waals surface area (Å²) in [6, 6.07) is -0.697. The van der Waals surface area contributed by atoms with Crippen molar-refractivity contribution < 1.29 is 70.5 Å². The Kier molecular flexibility index (Phi) is 8.15. The predicted molar refractivity (Wildman–Crippen MR) is 95.0 cm³/mol. The van der Waals surface area contributed by atoms with Gasteiger partial charge < -0.3 is 25.1 Å². The number of rotatable bonds is 4. The number of H-pyrrole nitrogens is 1. The Morgan fingerprint density at radius 2 is 2.15 bits per heavy atom. The van der Waals surface area contributed by atoms with Crippen LogP contribution < -0.4 is 66.7 Å². The summed E-state index contributed by atoms with van der Waals surface area (Å²) in [5.41, 5.74) is 0.656. The molecule has 0 radical (unpaired) electrons. The summed E-state index contributed by atoms with van der Waals surface area (Å²) in [4.78, 5) is 31.5. The van der Waals surface area contributed by atoms with Crippen LogP contribution in [0.15, 0.2) is 6.20 Å². The first-order valence-electron chi connectivity index (χ1n) is 7.68. The molecule has 2 atom stereocenters. The van der Waals surface area contributed by atoms with Gasteiger partial charge in [0.05, 0.1) is 33.5 Å². The molecule has 0 bridgehead atoms. The van der Waals surface area contributed by atoms with Gasteiger partial charge in [-0.15, -0.1) is 0 Å². The van der Waals surface area contributed by atoms with Gasteiger partial charge in [0.25, 0.3) is 5.91 Å². The fourth-order valence-corrected chi connectivity index (χ4v) is 3.92. The van der Waals surface area contributed by atoms with Crippen LogP contribution in [-0.4, -0.2) is 47.1 Å². The number of aromatic amines is 1. The minimum Gasteiger partial charge on any atom is -0.544 e. The third-order valence-electron chi connectivity index (χ3n) is 4.10. The van der Waals surface area contributed by atoms with Gasteiger partial charge in [0, 0.05) is 18.4 Å². The average molecular weight is 459 g/mol. The number of alkyl halides is 1. The quantitative estimate of drug-likeness (QED) is 0.560. The smallest absolute Gasteiger partial charge is 0.544 e. The number of carbonyl (C=O) groups is 2. The first-order valence-corrected chi connectivity index (χ1v) is 9.25. The summed E-state index contributed by atoms with van der Waals surface area (Å²) in [7, 11) is 0. The number of thiazole rings is 1. The molecule has 0 spiro atoms. The minimum absolute atomic E-state index is 0. The van der Waals surface area contributed by atoms with E-state index in [0.717, 1.165) is 11.3 Å². The van der Waals surface area contributed by atoms with Crippen molar-refractivity contribution in [2.45, 2.75) is 25.6 Å². The van der Waals surface area contributed by atoms with Crippen molar-refractivity contribution in [1.82, 2.24) is 15.3 Å². The summed E-state index contributed by atoms with van der Waals surface area (Å²) in [5, 5.41) is 14.2. The van der Waals surface area contributed by atoms with Gasteiger partial charge in [0.2, 0.25) is 0 Å². The second kappa shape index (κ2) is 9.53. The van der Waals surface area contributed by atoms with Crippen molar-refractivity contribution in [3.05, 3.63) is 32.5 Å². The zero-order valence-electron chi connectivity index (χ0n) is 14.5. The molecule has 12 heteroatoms. The average Bonchev–Trinajstić information content (AvgIpc) is 3.18. The first kappa shape index (κ1) is 23.1. The molecule has 7 nitrogen and oxygen atoms in total. The minimum atomic E-state index is -1.35. The largest absolute Gasteiger partial charge is 1.00 e. The number of aryl methyl sites for hydroxylation is 1. The van der Waals surface area contributed by atoms with E-state index in [4.69, 9.17) is 23.2 Å². The maximum Gasteiger partial charge on any atom is 1.00 e. The molecular formula is C15H14Cl2FKN4O3S. The molecule has 1 saturated heterocycles. The van der Waals surface area contributed by atoms with Gasteiger partial charge in [-0.1, -0.05) is 34.5 Å². The molecule has 2 N–H and O–H groups in total. The third kappa shape index (κ3) is 5.05. The molecule has 0 unspecified atom stereocenters. The van der Waals surface area contributed by atoms with E-state index in [1.165, 1.54) is 6.20 Å². The van der Waals surface area contributed by atoms with Gasteiger partial charge >= 0.3 is 51.4 Å². The molecule has 1 fully saturated rings. The number of nitrogens with one attached hydrogen (secondary N) is 2. The molecule has 27 heavy (non-hydrogen) atoms. The molecule has 3 heterocycles. The Hall–Kier alpha value is -0.204. The topological polar surface area (TPSA) is 101 Å². The molecule has 0 saturated carbocycles. The second-order valence-electron chi connectivity index (χ2n) is 5.88. The zero-order valence-corrected chi connectivity index (χ0v) is 20.0. The van der Waals surface area contributed by atoms with E-state index in [1.807, 2.05) is 0 Å². The van der Waals surface area contributed by atoms with E-state index in [-0.39, 0.29) is 78.5 Å². The number of aromatic carboxylic acids is 1. The van der Waals surface area contributed by atoms with Crippen LogP contribution in [0.2, 0.25) is 10.0 Å². The van der Waals surface area contributed by atoms with Crippen molar-refractivity contribution in [1.29, 1.82) is 0 Å². The van der Waals surface area contributed by atoms with Crippen LogP contribution in [0.25, 0.3) is 0 Å². The van der Waals surface area contributed by atoms with Crippen LogP contribution in [0, 0.1) is 6.92 Å². The van der Waals surface area contributed by atoms with Gasteiger partial charge in [0.1, 0.15) is 11.9 Å². The summed E-state index contributed by atoms with van der Waals surface area (Å²) < 4.78 is 14.5. The summed E-state index contributed by atoms with van der Waals surface area (Å²) in [6.07, 6.45) is 0.168. The van der Waals surface area contributed by atoms with Crippen molar-refractivity contribution in [3.8, 4) is 0 Å². The van der Waals surface area contributed by atoms with Crippen molar-refractivity contribution in [2.24, 2.45) is 0 Å². The number of carboxylic acid groups (broad SMARTS) is 1. The molecule has 3 rings (SSSR count). The third-order valence-corrected chi connectivity index (χ3v) is 6.09. The van der Waals surface area contributed by atoms with Crippen LogP contribution in [0.5, 0.6) is 0 Å². The SMILES string of the molecule is Cc1[nH]c(C(=O)N[C@@H]2CCN(c3ncc(C(=O)[O-])s3)C[C@@H]2F)c(Cl)c1Cl.[K+]. The molecule has 0 aromatic carbocycles. The van der Waals surface area contributed by atoms with Crippen LogP contribution in [0.3, 0.4) is 0 Å². The first-order chi connectivity index (χ1) is 12.3. The van der Waals surface area contributed by atoms with E-state index >= 15 is 0 Å². The van der Waals surface area contributed by atoms with Crippen molar-refractivity contribution in [2.75, 3.05) is 18.0 Å². The van der Waals surface area contributed by atoms with Gasteiger partial charge in [-0.05, 0) is 13.3 Å². The number of piperidine rings is 1. The van der Waals surface area contributed by atoms with E-state index in [1.54, 1.807) is 11.8 Å². The monoisotopic (exact) mass is 458 g/mol. The molecular weight excluding hydrogens is 445 g/mol. The van der Waals surface area contributed by atoms with E-state index in [2.05, 4.69) is 15.3 Å². The number of aromatic nitrogens is 2. The fraction of sp³-hybridized carbons (Fsp3) is 0.400. The number of halogens is 3. The number of anilines is 1. The number of amides is 1. The normalized spacial score (nSPS) is 19.5. The van der Waals surface area contributed by atoms with Crippen molar-refractivity contribution >= 4 is 51.5 Å². The Bertz CT molecular complexity index is 862. The number of hydrogen-bond donors (Lipinski definition) is 2. The van der Waals surface area contributed by atoms with Gasteiger partial charge in [-0.2, -0.15) is 0 Å². The van der Waals surface area contributed by atoms with Gasteiger partial charge in [-0.25, -0.2) is 9.37 Å². The summed E-state index contributed by atoms with van der Waals surface area (Å²) in [5.74, 6) is -1.84. The molecule has 2 aromatic heterocycles. The van der Waals surface area contributed by atoms with E-state index < -0.39 is 24.1 Å². The van der Waals surface area contributed by atoms with Gasteiger partial charge in [0.15, 0.2) is 5.13 Å².